The van der Waals surface area contributed by atoms with Gasteiger partial charge in [0, 0.05) is 30.1 Å². The van der Waals surface area contributed by atoms with Crippen molar-refractivity contribution in [3.05, 3.63) is 47.5 Å². The fraction of sp³-hybridized carbons (Fsp3) is 0.364. The predicted octanol–water partition coefficient (Wildman–Crippen LogP) is 3.24. The van der Waals surface area contributed by atoms with E-state index in [2.05, 4.69) is 44.2 Å². The molecule has 8 heteroatoms. The Balaban J connectivity index is 1.53. The molecule has 0 aliphatic carbocycles. The molecule has 3 aromatic heterocycles. The number of aromatic nitrogens is 5. The quantitative estimate of drug-likeness (QED) is 0.522. The van der Waals surface area contributed by atoms with Crippen LogP contribution in [0.5, 0.6) is 0 Å². The van der Waals surface area contributed by atoms with Gasteiger partial charge in [-0.15, -0.1) is 10.2 Å². The molecule has 0 amide bonds. The van der Waals surface area contributed by atoms with Crippen LogP contribution in [0.2, 0.25) is 0 Å². The molecule has 0 radical (unpaired) electrons. The molecule has 1 aliphatic rings. The molecule has 0 saturated carbocycles. The van der Waals surface area contributed by atoms with Crippen molar-refractivity contribution < 1.29 is 4.39 Å². The van der Waals surface area contributed by atoms with Crippen molar-refractivity contribution in [2.75, 3.05) is 32.1 Å². The Labute approximate surface area is 174 Å². The van der Waals surface area contributed by atoms with Crippen molar-refractivity contribution >= 4 is 22.4 Å². The van der Waals surface area contributed by atoms with Gasteiger partial charge < -0.3 is 9.80 Å². The van der Waals surface area contributed by atoms with Crippen LogP contribution >= 0.6 is 0 Å². The summed E-state index contributed by atoms with van der Waals surface area (Å²) in [5.41, 5.74) is 4.57. The van der Waals surface area contributed by atoms with Gasteiger partial charge in [-0.2, -0.15) is 5.10 Å². The van der Waals surface area contributed by atoms with Crippen molar-refractivity contribution in [1.82, 2.24) is 29.7 Å². The molecule has 0 N–H and O–H groups in total. The second kappa shape index (κ2) is 6.98. The molecule has 1 aromatic carbocycles. The zero-order valence-electron chi connectivity index (χ0n) is 17.6. The number of likely N-dealkylation sites (N-methyl/N-ethyl adjacent to an activating group) is 1. The highest BCUT2D eigenvalue weighted by molar-refractivity contribution is 5.85. The predicted molar refractivity (Wildman–Crippen MR) is 115 cm³/mol. The Morgan fingerprint density at radius 3 is 2.70 bits per heavy atom. The third-order valence-corrected chi connectivity index (χ3v) is 5.88. The van der Waals surface area contributed by atoms with Crippen LogP contribution in [0, 0.1) is 19.7 Å². The Morgan fingerprint density at radius 1 is 1.10 bits per heavy atom. The van der Waals surface area contributed by atoms with E-state index in [1.165, 1.54) is 6.07 Å². The molecule has 1 fully saturated rings. The number of hydrogen-bond donors (Lipinski definition) is 0. The standard InChI is InChI=1S/C22H24FN7/c1-13-7-19(27-30-11-14(2)24-22(13)30)15-8-18(23)17-10-21(26-25-20(17)9-15)29-6-5-16(12-29)28(3)4/h7-11,16H,5-6,12H2,1-4H3/t16-/m1/s1. The maximum atomic E-state index is 15.1. The molecule has 5 rings (SSSR count). The number of aryl methyl sites for hydroxylation is 2. The smallest absolute Gasteiger partial charge is 0.156 e. The number of halogens is 1. The highest BCUT2D eigenvalue weighted by Gasteiger charge is 2.25. The molecule has 4 heterocycles. The zero-order chi connectivity index (χ0) is 21.0. The molecular formula is C22H24FN7. The van der Waals surface area contributed by atoms with Crippen LogP contribution in [0.25, 0.3) is 27.8 Å². The normalized spacial score (nSPS) is 17.0. The Kier molecular flexibility index (Phi) is 4.39. The summed E-state index contributed by atoms with van der Waals surface area (Å²) >= 11 is 0. The monoisotopic (exact) mass is 405 g/mol. The lowest BCUT2D eigenvalue weighted by atomic mass is 10.1. The minimum absolute atomic E-state index is 0.316. The van der Waals surface area contributed by atoms with Gasteiger partial charge in [-0.25, -0.2) is 13.9 Å². The van der Waals surface area contributed by atoms with Crippen LogP contribution in [-0.2, 0) is 0 Å². The van der Waals surface area contributed by atoms with Gasteiger partial charge >= 0.3 is 0 Å². The molecule has 4 aromatic rings. The lowest BCUT2D eigenvalue weighted by molar-refractivity contribution is 0.315. The average Bonchev–Trinajstić information content (AvgIpc) is 3.34. The highest BCUT2D eigenvalue weighted by Crippen LogP contribution is 2.29. The number of imidazole rings is 1. The molecule has 30 heavy (non-hydrogen) atoms. The van der Waals surface area contributed by atoms with Crippen LogP contribution in [0.3, 0.4) is 0 Å². The summed E-state index contributed by atoms with van der Waals surface area (Å²) in [5, 5.41) is 13.8. The first-order valence-electron chi connectivity index (χ1n) is 10.1. The van der Waals surface area contributed by atoms with Gasteiger partial charge in [-0.05, 0) is 64.2 Å². The maximum Gasteiger partial charge on any atom is 0.156 e. The van der Waals surface area contributed by atoms with Gasteiger partial charge in [0.2, 0.25) is 0 Å². The van der Waals surface area contributed by atoms with Gasteiger partial charge in [0.1, 0.15) is 5.82 Å². The third-order valence-electron chi connectivity index (χ3n) is 5.88. The first-order valence-corrected chi connectivity index (χ1v) is 10.1. The summed E-state index contributed by atoms with van der Waals surface area (Å²) in [7, 11) is 4.17. The fourth-order valence-corrected chi connectivity index (χ4v) is 4.15. The summed E-state index contributed by atoms with van der Waals surface area (Å²) in [6.45, 7) is 5.68. The average molecular weight is 405 g/mol. The van der Waals surface area contributed by atoms with Crippen molar-refractivity contribution in [2.24, 2.45) is 0 Å². The van der Waals surface area contributed by atoms with Crippen LogP contribution in [0.1, 0.15) is 17.7 Å². The van der Waals surface area contributed by atoms with E-state index >= 15 is 4.39 Å². The van der Waals surface area contributed by atoms with Gasteiger partial charge in [0.25, 0.3) is 0 Å². The number of nitrogens with zero attached hydrogens (tertiary/aromatic N) is 7. The van der Waals surface area contributed by atoms with Crippen LogP contribution in [0.4, 0.5) is 10.2 Å². The highest BCUT2D eigenvalue weighted by atomic mass is 19.1. The molecule has 1 aliphatic heterocycles. The summed E-state index contributed by atoms with van der Waals surface area (Å²) in [6, 6.07) is 7.58. The van der Waals surface area contributed by atoms with Crippen molar-refractivity contribution in [1.29, 1.82) is 0 Å². The van der Waals surface area contributed by atoms with E-state index in [4.69, 9.17) is 0 Å². The molecule has 7 nitrogen and oxygen atoms in total. The first kappa shape index (κ1) is 18.9. The van der Waals surface area contributed by atoms with Gasteiger partial charge in [-0.1, -0.05) is 0 Å². The molecule has 0 spiro atoms. The van der Waals surface area contributed by atoms with E-state index in [9.17, 15) is 0 Å². The van der Waals surface area contributed by atoms with E-state index in [1.807, 2.05) is 32.2 Å². The number of rotatable bonds is 3. The molecule has 0 unspecified atom stereocenters. The Morgan fingerprint density at radius 2 is 1.93 bits per heavy atom. The number of fused-ring (bicyclic) bond motifs is 2. The van der Waals surface area contributed by atoms with Gasteiger partial charge in [0.15, 0.2) is 11.5 Å². The second-order valence-corrected chi connectivity index (χ2v) is 8.31. The number of anilines is 1. The Hall–Kier alpha value is -3.13. The summed E-state index contributed by atoms with van der Waals surface area (Å²) < 4.78 is 16.8. The number of benzene rings is 1. The molecule has 1 saturated heterocycles. The molecule has 0 bridgehead atoms. The first-order chi connectivity index (χ1) is 14.4. The summed E-state index contributed by atoms with van der Waals surface area (Å²) in [4.78, 5) is 8.86. The summed E-state index contributed by atoms with van der Waals surface area (Å²) in [6.07, 6.45) is 2.93. The topological polar surface area (TPSA) is 62.5 Å². The zero-order valence-corrected chi connectivity index (χ0v) is 17.6. The molecule has 154 valence electrons. The van der Waals surface area contributed by atoms with Crippen LogP contribution in [0.15, 0.2) is 30.5 Å². The molecular weight excluding hydrogens is 381 g/mol. The fourth-order valence-electron chi connectivity index (χ4n) is 4.15. The second-order valence-electron chi connectivity index (χ2n) is 8.31. The minimum Gasteiger partial charge on any atom is -0.353 e. The van der Waals surface area contributed by atoms with Crippen LogP contribution < -0.4 is 4.90 Å². The largest absolute Gasteiger partial charge is 0.353 e. The van der Waals surface area contributed by atoms with Crippen LogP contribution in [-0.4, -0.2) is 62.9 Å². The molecule has 1 atom stereocenters. The van der Waals surface area contributed by atoms with Crippen molar-refractivity contribution in [3.63, 3.8) is 0 Å². The Bertz CT molecular complexity index is 1260. The van der Waals surface area contributed by atoms with Gasteiger partial charge in [-0.3, -0.25) is 0 Å². The minimum atomic E-state index is -0.316. The maximum absolute atomic E-state index is 15.1. The third kappa shape index (κ3) is 3.17. The van der Waals surface area contributed by atoms with Crippen molar-refractivity contribution in [2.45, 2.75) is 26.3 Å². The van der Waals surface area contributed by atoms with E-state index in [0.717, 1.165) is 42.2 Å². The van der Waals surface area contributed by atoms with E-state index in [-0.39, 0.29) is 5.82 Å². The van der Waals surface area contributed by atoms with Gasteiger partial charge in [0.05, 0.1) is 23.1 Å². The number of hydrogen-bond acceptors (Lipinski definition) is 6. The van der Waals surface area contributed by atoms with E-state index in [1.54, 1.807) is 10.6 Å². The SMILES string of the molecule is Cc1cn2nc(-c3cc(F)c4cc(N5CC[C@@H](N(C)C)C5)nnc4c3)cc(C)c2n1. The van der Waals surface area contributed by atoms with E-state index < -0.39 is 0 Å². The lowest BCUT2D eigenvalue weighted by Crippen LogP contribution is -2.31. The lowest BCUT2D eigenvalue weighted by Gasteiger charge is -2.20. The van der Waals surface area contributed by atoms with Crippen molar-refractivity contribution in [3.8, 4) is 11.3 Å². The summed E-state index contributed by atoms with van der Waals surface area (Å²) in [5.74, 6) is 0.408. The van der Waals surface area contributed by atoms with E-state index in [0.29, 0.717) is 28.2 Å².